The fourth-order valence-electron chi connectivity index (χ4n) is 4.46. The molecule has 0 aliphatic heterocycles. The molecule has 0 radical (unpaired) electrons. The standard InChI is InChI=1S/C27H23ClF3N7/c28-21-10-18(9-20-23(16(11-32)12-33-25(20)21)34-14-27(7-8-27)26(30)31)35-24(15-1-3-17(29)4-2-15)22-13-38(37-36-22)19-5-6-19/h1-4,9-10,12-13,19,24,26,35H,5-8,14H2,(H,33,34)/i24D. The summed E-state index contributed by atoms with van der Waals surface area (Å²) in [5.41, 5.74) is 0.894. The first-order valence-corrected chi connectivity index (χ1v) is 12.6. The number of hydrogen-bond acceptors (Lipinski definition) is 6. The van der Waals surface area contributed by atoms with Crippen LogP contribution in [0.3, 0.4) is 0 Å². The zero-order valence-electron chi connectivity index (χ0n) is 21.1. The number of halogens is 4. The number of benzene rings is 2. The molecular weight excluding hydrogens is 515 g/mol. The van der Waals surface area contributed by atoms with E-state index in [0.717, 1.165) is 12.8 Å². The minimum absolute atomic E-state index is 0.00400. The number of nitriles is 1. The van der Waals surface area contributed by atoms with Crippen molar-refractivity contribution >= 4 is 33.9 Å². The first kappa shape index (κ1) is 23.3. The van der Waals surface area contributed by atoms with Gasteiger partial charge < -0.3 is 10.6 Å². The van der Waals surface area contributed by atoms with E-state index in [0.29, 0.717) is 46.4 Å². The van der Waals surface area contributed by atoms with Gasteiger partial charge in [0.15, 0.2) is 0 Å². The second-order valence-corrected chi connectivity index (χ2v) is 10.3. The Balaban J connectivity index is 1.43. The number of anilines is 2. The maximum atomic E-state index is 13.8. The van der Waals surface area contributed by atoms with Crippen molar-refractivity contribution in [2.24, 2.45) is 5.41 Å². The van der Waals surface area contributed by atoms with Gasteiger partial charge in [-0.1, -0.05) is 28.9 Å². The van der Waals surface area contributed by atoms with Crippen LogP contribution < -0.4 is 10.6 Å². The Bertz CT molecular complexity index is 1600. The minimum Gasteiger partial charge on any atom is -0.383 e. The van der Waals surface area contributed by atoms with E-state index < -0.39 is 23.7 Å². The SMILES string of the molecule is [2H]C(Nc1cc(Cl)c2ncc(C#N)c(NCC3(C(F)F)CC3)c2c1)(c1ccc(F)cc1)c1cn(C2CC2)nn1. The van der Waals surface area contributed by atoms with Gasteiger partial charge in [-0.2, -0.15) is 5.26 Å². The third kappa shape index (κ3) is 4.63. The molecule has 7 nitrogen and oxygen atoms in total. The molecule has 11 heteroatoms. The van der Waals surface area contributed by atoms with E-state index >= 15 is 0 Å². The second kappa shape index (κ2) is 9.48. The maximum absolute atomic E-state index is 13.8. The predicted octanol–water partition coefficient (Wildman–Crippen LogP) is 6.48. The topological polar surface area (TPSA) is 91.5 Å². The van der Waals surface area contributed by atoms with E-state index in [1.807, 2.05) is 0 Å². The van der Waals surface area contributed by atoms with Gasteiger partial charge in [-0.25, -0.2) is 17.9 Å². The zero-order valence-corrected chi connectivity index (χ0v) is 20.8. The van der Waals surface area contributed by atoms with Crippen molar-refractivity contribution in [2.45, 2.75) is 44.2 Å². The second-order valence-electron chi connectivity index (χ2n) is 9.85. The summed E-state index contributed by atoms with van der Waals surface area (Å²) in [6.45, 7) is -0.00400. The van der Waals surface area contributed by atoms with Crippen molar-refractivity contribution in [1.29, 1.82) is 5.26 Å². The summed E-state index contributed by atoms with van der Waals surface area (Å²) in [6, 6.07) is 9.40. The van der Waals surface area contributed by atoms with Gasteiger partial charge >= 0.3 is 0 Å². The molecular formula is C27H23ClF3N7. The molecule has 6 rings (SSSR count). The molecule has 2 aromatic heterocycles. The lowest BCUT2D eigenvalue weighted by molar-refractivity contribution is 0.0688. The van der Waals surface area contributed by atoms with E-state index in [4.69, 9.17) is 11.6 Å². The Labute approximate surface area is 223 Å². The van der Waals surface area contributed by atoms with Crippen molar-refractivity contribution in [3.05, 3.63) is 76.5 Å². The molecule has 0 saturated heterocycles. The summed E-state index contributed by atoms with van der Waals surface area (Å²) in [5.74, 6) is -0.445. The van der Waals surface area contributed by atoms with Gasteiger partial charge in [0.1, 0.15) is 17.6 Å². The summed E-state index contributed by atoms with van der Waals surface area (Å²) >= 11 is 6.60. The summed E-state index contributed by atoms with van der Waals surface area (Å²) in [7, 11) is 0. The number of hydrogen-bond donors (Lipinski definition) is 2. The van der Waals surface area contributed by atoms with E-state index in [9.17, 15) is 19.8 Å². The molecule has 0 bridgehead atoms. The highest BCUT2D eigenvalue weighted by molar-refractivity contribution is 6.35. The average Bonchev–Trinajstić information content (AvgIpc) is 3.86. The van der Waals surface area contributed by atoms with Gasteiger partial charge in [-0.3, -0.25) is 4.98 Å². The zero-order chi connectivity index (χ0) is 27.4. The van der Waals surface area contributed by atoms with E-state index in [1.165, 1.54) is 30.5 Å². The van der Waals surface area contributed by atoms with Crippen LogP contribution in [0.15, 0.2) is 48.8 Å². The molecule has 38 heavy (non-hydrogen) atoms. The van der Waals surface area contributed by atoms with Crippen LogP contribution in [0.2, 0.25) is 5.02 Å². The van der Waals surface area contributed by atoms with Gasteiger partial charge in [0.25, 0.3) is 0 Å². The van der Waals surface area contributed by atoms with Gasteiger partial charge in [-0.15, -0.1) is 5.10 Å². The first-order chi connectivity index (χ1) is 18.7. The van der Waals surface area contributed by atoms with Gasteiger partial charge in [-0.05, 0) is 55.5 Å². The highest BCUT2D eigenvalue weighted by Gasteiger charge is 2.50. The number of rotatable bonds is 9. The van der Waals surface area contributed by atoms with Crippen LogP contribution >= 0.6 is 11.6 Å². The molecule has 2 fully saturated rings. The highest BCUT2D eigenvalue weighted by atomic mass is 35.5. The normalized spacial score (nSPS) is 18.1. The molecule has 2 saturated carbocycles. The average molecular weight is 539 g/mol. The van der Waals surface area contributed by atoms with E-state index in [1.54, 1.807) is 23.0 Å². The number of alkyl halides is 2. The summed E-state index contributed by atoms with van der Waals surface area (Å²) in [4.78, 5) is 4.32. The third-order valence-electron chi connectivity index (χ3n) is 7.11. The lowest BCUT2D eigenvalue weighted by Gasteiger charge is -2.21. The molecule has 2 aliphatic rings. The Hall–Kier alpha value is -3.84. The molecule has 2 aromatic carbocycles. The van der Waals surface area contributed by atoms with Crippen molar-refractivity contribution in [1.82, 2.24) is 20.0 Å². The summed E-state index contributed by atoms with van der Waals surface area (Å²) < 4.78 is 52.1. The van der Waals surface area contributed by atoms with E-state index in [-0.39, 0.29) is 23.2 Å². The summed E-state index contributed by atoms with van der Waals surface area (Å²) in [6.07, 6.45) is 3.34. The van der Waals surface area contributed by atoms with Gasteiger partial charge in [0, 0.05) is 29.2 Å². The Morgan fingerprint density at radius 1 is 1.24 bits per heavy atom. The summed E-state index contributed by atoms with van der Waals surface area (Å²) in [5, 5.41) is 25.1. The Morgan fingerprint density at radius 2 is 2.00 bits per heavy atom. The Kier molecular flexibility index (Phi) is 5.81. The maximum Gasteiger partial charge on any atom is 0.245 e. The van der Waals surface area contributed by atoms with Gasteiger partial charge in [0.05, 0.1) is 41.4 Å². The fourth-order valence-corrected chi connectivity index (χ4v) is 4.73. The van der Waals surface area contributed by atoms with Crippen LogP contribution in [0.4, 0.5) is 24.5 Å². The number of aromatic nitrogens is 4. The number of nitrogens with zero attached hydrogens (tertiary/aromatic N) is 5. The Morgan fingerprint density at radius 3 is 2.66 bits per heavy atom. The smallest absolute Gasteiger partial charge is 0.245 e. The minimum atomic E-state index is -2.48. The van der Waals surface area contributed by atoms with Crippen LogP contribution in [0.5, 0.6) is 0 Å². The lowest BCUT2D eigenvalue weighted by atomic mass is 10.0. The van der Waals surface area contributed by atoms with Crippen molar-refractivity contribution in [3.63, 3.8) is 0 Å². The highest BCUT2D eigenvalue weighted by Crippen LogP contribution is 2.51. The molecule has 0 spiro atoms. The van der Waals surface area contributed by atoms with Crippen molar-refractivity contribution < 1.29 is 14.5 Å². The number of nitrogens with one attached hydrogen (secondary N) is 2. The van der Waals surface area contributed by atoms with Crippen molar-refractivity contribution in [3.8, 4) is 6.07 Å². The third-order valence-corrected chi connectivity index (χ3v) is 7.40. The lowest BCUT2D eigenvalue weighted by Crippen LogP contribution is -2.23. The molecule has 2 aliphatic carbocycles. The van der Waals surface area contributed by atoms with Crippen LogP contribution in [-0.2, 0) is 0 Å². The van der Waals surface area contributed by atoms with Crippen LogP contribution in [0.25, 0.3) is 10.9 Å². The molecule has 0 amide bonds. The number of fused-ring (bicyclic) bond motifs is 1. The quantitative estimate of drug-likeness (QED) is 0.253. The molecule has 2 N–H and O–H groups in total. The van der Waals surface area contributed by atoms with Crippen LogP contribution in [0, 0.1) is 22.6 Å². The largest absolute Gasteiger partial charge is 0.383 e. The molecule has 2 heterocycles. The van der Waals surface area contributed by atoms with Crippen LogP contribution in [0.1, 0.15) is 55.9 Å². The van der Waals surface area contributed by atoms with Crippen LogP contribution in [-0.4, -0.2) is 32.9 Å². The predicted molar refractivity (Wildman–Crippen MR) is 138 cm³/mol. The fraction of sp³-hybridized carbons (Fsp3) is 0.333. The molecule has 4 aromatic rings. The molecule has 194 valence electrons. The molecule has 1 unspecified atom stereocenters. The van der Waals surface area contributed by atoms with E-state index in [2.05, 4.69) is 32.0 Å². The van der Waals surface area contributed by atoms with Crippen molar-refractivity contribution in [2.75, 3.05) is 17.2 Å². The number of pyridine rings is 1. The first-order valence-electron chi connectivity index (χ1n) is 12.7. The molecule has 1 atom stereocenters. The monoisotopic (exact) mass is 538 g/mol. The van der Waals surface area contributed by atoms with Gasteiger partial charge in [0.2, 0.25) is 6.43 Å².